The molecule has 1 aromatic rings. The number of carbonyl (C=O) groups is 1. The molecule has 1 rings (SSSR count). The van der Waals surface area contributed by atoms with Crippen LogP contribution in [0.1, 0.15) is 26.7 Å². The van der Waals surface area contributed by atoms with E-state index in [2.05, 4.69) is 6.58 Å². The number of thioether (sulfide) groups is 1. The van der Waals surface area contributed by atoms with Gasteiger partial charge in [0, 0.05) is 23.3 Å². The summed E-state index contributed by atoms with van der Waals surface area (Å²) in [4.78, 5) is 12.9. The van der Waals surface area contributed by atoms with Crippen LogP contribution in [-0.4, -0.2) is 12.0 Å². The van der Waals surface area contributed by atoms with Gasteiger partial charge in [0.15, 0.2) is 5.78 Å². The minimum Gasteiger partial charge on any atom is -0.462 e. The summed E-state index contributed by atoms with van der Waals surface area (Å²) in [6.45, 7) is 7.54. The van der Waals surface area contributed by atoms with Gasteiger partial charge in [-0.25, -0.2) is 0 Å². The first kappa shape index (κ1) is 17.3. The highest BCUT2D eigenvalue weighted by Crippen LogP contribution is 2.21. The van der Waals surface area contributed by atoms with Gasteiger partial charge in [0.25, 0.3) is 0 Å². The Morgan fingerprint density at radius 3 is 2.33 bits per heavy atom. The Balaban J connectivity index is 2.86. The Kier molecular flexibility index (Phi) is 7.62. The fourth-order valence-corrected chi connectivity index (χ4v) is 2.09. The number of benzene rings is 1. The standard InChI is InChI=1S/C18H22O2S/c1-5-14(18(19)7-3)8-9-15(6-2)20-16-10-12-17(21-4)13-11-16/h5,8-13H,1,6-7H2,2-4H3/b14-8+,15-9+. The van der Waals surface area contributed by atoms with Gasteiger partial charge in [0.1, 0.15) is 11.5 Å². The minimum absolute atomic E-state index is 0.0843. The molecular weight excluding hydrogens is 280 g/mol. The topological polar surface area (TPSA) is 26.3 Å². The highest BCUT2D eigenvalue weighted by Gasteiger charge is 2.03. The fraction of sp³-hybridized carbons (Fsp3) is 0.278. The first-order valence-corrected chi connectivity index (χ1v) is 8.25. The Bertz CT molecular complexity index is 539. The van der Waals surface area contributed by atoms with E-state index in [1.165, 1.54) is 4.90 Å². The lowest BCUT2D eigenvalue weighted by Gasteiger charge is -2.08. The van der Waals surface area contributed by atoms with Crippen LogP contribution in [0, 0.1) is 0 Å². The lowest BCUT2D eigenvalue weighted by molar-refractivity contribution is -0.114. The Hall–Kier alpha value is -1.74. The predicted octanol–water partition coefficient (Wildman–Crippen LogP) is 5.17. The summed E-state index contributed by atoms with van der Waals surface area (Å²) in [5.41, 5.74) is 0.616. The van der Waals surface area contributed by atoms with Crippen LogP contribution in [0.15, 0.2) is 65.3 Å². The number of hydrogen-bond acceptors (Lipinski definition) is 3. The van der Waals surface area contributed by atoms with E-state index < -0.39 is 0 Å². The van der Waals surface area contributed by atoms with E-state index in [0.717, 1.165) is 17.9 Å². The number of ketones is 1. The Morgan fingerprint density at radius 1 is 1.19 bits per heavy atom. The SMILES string of the molecule is C=C/C(=C\C=C(/CC)Oc1ccc(SC)cc1)C(=O)CC. The second-order valence-electron chi connectivity index (χ2n) is 4.37. The fourth-order valence-electron chi connectivity index (χ4n) is 1.68. The summed E-state index contributed by atoms with van der Waals surface area (Å²) in [7, 11) is 0. The van der Waals surface area contributed by atoms with Crippen molar-refractivity contribution in [2.75, 3.05) is 6.26 Å². The van der Waals surface area contributed by atoms with Crippen molar-refractivity contribution >= 4 is 17.5 Å². The van der Waals surface area contributed by atoms with Crippen molar-refractivity contribution in [3.8, 4) is 5.75 Å². The summed E-state index contributed by atoms with van der Waals surface area (Å²) in [5, 5.41) is 0. The van der Waals surface area contributed by atoms with Gasteiger partial charge in [-0.2, -0.15) is 0 Å². The summed E-state index contributed by atoms with van der Waals surface area (Å²) in [5.74, 6) is 1.70. The molecule has 0 N–H and O–H groups in total. The molecular formula is C18H22O2S. The molecule has 1 aromatic carbocycles. The van der Waals surface area contributed by atoms with Gasteiger partial charge in [0.2, 0.25) is 0 Å². The number of carbonyl (C=O) groups excluding carboxylic acids is 1. The molecule has 0 radical (unpaired) electrons. The number of hydrogen-bond donors (Lipinski definition) is 0. The first-order valence-electron chi connectivity index (χ1n) is 7.03. The van der Waals surface area contributed by atoms with E-state index in [9.17, 15) is 4.79 Å². The van der Waals surface area contributed by atoms with Crippen LogP contribution in [0.4, 0.5) is 0 Å². The van der Waals surface area contributed by atoms with Crippen LogP contribution >= 0.6 is 11.8 Å². The van der Waals surface area contributed by atoms with Crippen molar-refractivity contribution in [1.29, 1.82) is 0 Å². The van der Waals surface area contributed by atoms with Gasteiger partial charge < -0.3 is 4.74 Å². The number of allylic oxidation sites excluding steroid dienone is 5. The van der Waals surface area contributed by atoms with Crippen LogP contribution in [0.25, 0.3) is 0 Å². The zero-order chi connectivity index (χ0) is 15.7. The van der Waals surface area contributed by atoms with Crippen LogP contribution in [0.2, 0.25) is 0 Å². The summed E-state index contributed by atoms with van der Waals surface area (Å²) in [6.07, 6.45) is 8.47. The Morgan fingerprint density at radius 2 is 1.86 bits per heavy atom. The molecule has 21 heavy (non-hydrogen) atoms. The van der Waals surface area contributed by atoms with Gasteiger partial charge in [-0.15, -0.1) is 11.8 Å². The maximum atomic E-state index is 11.7. The second kappa shape index (κ2) is 9.24. The normalized spacial score (nSPS) is 12.1. The lowest BCUT2D eigenvalue weighted by atomic mass is 10.1. The quantitative estimate of drug-likeness (QED) is 0.287. The van der Waals surface area contributed by atoms with E-state index in [1.54, 1.807) is 23.9 Å². The molecule has 0 amide bonds. The molecule has 0 heterocycles. The van der Waals surface area contributed by atoms with Gasteiger partial charge in [-0.1, -0.05) is 26.5 Å². The molecule has 0 unspecified atom stereocenters. The number of rotatable bonds is 8. The molecule has 3 heteroatoms. The van der Waals surface area contributed by atoms with Crippen LogP contribution in [0.3, 0.4) is 0 Å². The summed E-state index contributed by atoms with van der Waals surface area (Å²) >= 11 is 1.70. The minimum atomic E-state index is 0.0843. The van der Waals surface area contributed by atoms with Crippen molar-refractivity contribution in [2.24, 2.45) is 0 Å². The molecule has 0 aliphatic rings. The average Bonchev–Trinajstić information content (AvgIpc) is 2.54. The molecule has 0 aliphatic carbocycles. The van der Waals surface area contributed by atoms with Gasteiger partial charge in [-0.3, -0.25) is 4.79 Å². The van der Waals surface area contributed by atoms with Crippen molar-refractivity contribution in [3.05, 3.63) is 60.4 Å². The van der Waals surface area contributed by atoms with Crippen LogP contribution in [-0.2, 0) is 4.79 Å². The van der Waals surface area contributed by atoms with Gasteiger partial charge in [0.05, 0.1) is 0 Å². The number of ether oxygens (including phenoxy) is 1. The lowest BCUT2D eigenvalue weighted by Crippen LogP contribution is -1.98. The van der Waals surface area contributed by atoms with E-state index in [-0.39, 0.29) is 5.78 Å². The van der Waals surface area contributed by atoms with Crippen molar-refractivity contribution in [1.82, 2.24) is 0 Å². The molecule has 0 fully saturated rings. The molecule has 0 aromatic heterocycles. The van der Waals surface area contributed by atoms with E-state index in [1.807, 2.05) is 50.4 Å². The molecule has 0 bridgehead atoms. The van der Waals surface area contributed by atoms with E-state index >= 15 is 0 Å². The number of Topliss-reactive ketones (excluding diaryl/α,β-unsaturated/α-hetero) is 1. The highest BCUT2D eigenvalue weighted by atomic mass is 32.2. The monoisotopic (exact) mass is 302 g/mol. The largest absolute Gasteiger partial charge is 0.462 e. The molecule has 112 valence electrons. The molecule has 0 spiro atoms. The zero-order valence-electron chi connectivity index (χ0n) is 12.9. The smallest absolute Gasteiger partial charge is 0.162 e. The average molecular weight is 302 g/mol. The Labute approximate surface area is 131 Å². The van der Waals surface area contributed by atoms with E-state index in [4.69, 9.17) is 4.74 Å². The van der Waals surface area contributed by atoms with Crippen LogP contribution < -0.4 is 4.74 Å². The summed E-state index contributed by atoms with van der Waals surface area (Å²) < 4.78 is 5.83. The molecule has 0 atom stereocenters. The van der Waals surface area contributed by atoms with Crippen LogP contribution in [0.5, 0.6) is 5.75 Å². The molecule has 0 aliphatic heterocycles. The van der Waals surface area contributed by atoms with Gasteiger partial charge in [-0.05, 0) is 42.7 Å². The van der Waals surface area contributed by atoms with Crippen molar-refractivity contribution in [2.45, 2.75) is 31.6 Å². The predicted molar refractivity (Wildman–Crippen MR) is 90.8 cm³/mol. The van der Waals surface area contributed by atoms with Crippen molar-refractivity contribution in [3.63, 3.8) is 0 Å². The van der Waals surface area contributed by atoms with E-state index in [0.29, 0.717) is 12.0 Å². The molecule has 0 saturated heterocycles. The maximum absolute atomic E-state index is 11.7. The van der Waals surface area contributed by atoms with Gasteiger partial charge >= 0.3 is 0 Å². The third-order valence-corrected chi connectivity index (χ3v) is 3.71. The highest BCUT2D eigenvalue weighted by molar-refractivity contribution is 7.98. The third kappa shape index (κ3) is 5.64. The van der Waals surface area contributed by atoms with Crippen molar-refractivity contribution < 1.29 is 9.53 Å². The zero-order valence-corrected chi connectivity index (χ0v) is 13.7. The molecule has 0 saturated carbocycles. The third-order valence-electron chi connectivity index (χ3n) is 2.97. The molecule has 2 nitrogen and oxygen atoms in total. The first-order chi connectivity index (χ1) is 10.1. The maximum Gasteiger partial charge on any atom is 0.162 e. The summed E-state index contributed by atoms with van der Waals surface area (Å²) in [6, 6.07) is 7.95. The second-order valence-corrected chi connectivity index (χ2v) is 5.25.